The Labute approximate surface area is 228 Å². The third-order valence-corrected chi connectivity index (χ3v) is 10.0. The maximum Gasteiger partial charge on any atom is 0.362 e. The molecular formula is C32H29N2O4P. The predicted octanol–water partition coefficient (Wildman–Crippen LogP) is 6.10. The van der Waals surface area contributed by atoms with Gasteiger partial charge in [-0.2, -0.15) is 5.11 Å². The molecule has 0 fully saturated rings. The van der Waals surface area contributed by atoms with Crippen LogP contribution in [0.4, 0.5) is 5.69 Å². The number of allylic oxidation sites excluding steroid dienone is 1. The minimum Gasteiger partial charge on any atom is -0.505 e. The van der Waals surface area contributed by atoms with Crippen molar-refractivity contribution in [3.05, 3.63) is 132 Å². The molecule has 0 amide bonds. The largest absolute Gasteiger partial charge is 0.505 e. The van der Waals surface area contributed by atoms with Crippen LogP contribution in [0.5, 0.6) is 0 Å². The number of Topliss-reactive ketones (excluding diaryl/α,β-unsaturated/α-hetero) is 1. The summed E-state index contributed by atoms with van der Waals surface area (Å²) >= 11 is 0. The highest BCUT2D eigenvalue weighted by Crippen LogP contribution is 2.44. The number of azo groups is 1. The monoisotopic (exact) mass is 536 g/mol. The van der Waals surface area contributed by atoms with Crippen molar-refractivity contribution in [3.8, 4) is 0 Å². The molecule has 0 aromatic heterocycles. The van der Waals surface area contributed by atoms with Gasteiger partial charge >= 0.3 is 5.97 Å². The molecule has 0 aliphatic heterocycles. The molecule has 0 aliphatic carbocycles. The van der Waals surface area contributed by atoms with E-state index in [-0.39, 0.29) is 23.8 Å². The van der Waals surface area contributed by atoms with Crippen molar-refractivity contribution in [2.45, 2.75) is 13.8 Å². The molecule has 4 rings (SSSR count). The number of ketones is 1. The number of aliphatic hydroxyl groups is 1. The molecule has 0 aliphatic rings. The highest BCUT2D eigenvalue weighted by molar-refractivity contribution is 7.94. The molecule has 6 nitrogen and oxygen atoms in total. The summed E-state index contributed by atoms with van der Waals surface area (Å²) < 4.78 is 5.23. The molecule has 0 spiro atoms. The third-order valence-electron chi connectivity index (χ3n) is 6.06. The average Bonchev–Trinajstić information content (AvgIpc) is 2.98. The Hall–Kier alpha value is -4.54. The molecule has 1 N–H and O–H groups in total. The molecule has 196 valence electrons. The van der Waals surface area contributed by atoms with Gasteiger partial charge in [0.25, 0.3) is 0 Å². The summed E-state index contributed by atoms with van der Waals surface area (Å²) in [6.07, 6.45) is 0. The smallest absolute Gasteiger partial charge is 0.362 e. The van der Waals surface area contributed by atoms with Crippen molar-refractivity contribution in [2.24, 2.45) is 10.2 Å². The SMILES string of the molecule is CCOC(=O)/C(N=Nc1ccc(C(C)=O)cc1)=C(/O)C=P(c1ccccc1)(c1ccccc1)c1ccccc1. The van der Waals surface area contributed by atoms with Crippen molar-refractivity contribution in [2.75, 3.05) is 6.61 Å². The van der Waals surface area contributed by atoms with Crippen molar-refractivity contribution >= 4 is 46.0 Å². The molecule has 0 bridgehead atoms. The molecular weight excluding hydrogens is 507 g/mol. The molecule has 4 aromatic carbocycles. The zero-order valence-corrected chi connectivity index (χ0v) is 22.7. The first-order valence-electron chi connectivity index (χ1n) is 12.5. The van der Waals surface area contributed by atoms with Crippen LogP contribution in [0.15, 0.2) is 137 Å². The van der Waals surface area contributed by atoms with E-state index >= 15 is 0 Å². The summed E-state index contributed by atoms with van der Waals surface area (Å²) in [6.45, 7) is 0.654. The van der Waals surface area contributed by atoms with E-state index in [9.17, 15) is 14.7 Å². The fraction of sp³-hybridized carbons (Fsp3) is 0.0938. The summed E-state index contributed by atoms with van der Waals surface area (Å²) in [5.41, 5.74) is 0.652. The zero-order valence-electron chi connectivity index (χ0n) is 21.8. The van der Waals surface area contributed by atoms with E-state index in [0.717, 1.165) is 15.9 Å². The van der Waals surface area contributed by atoms with Gasteiger partial charge in [-0.05, 0) is 66.7 Å². The maximum absolute atomic E-state index is 13.0. The first-order valence-corrected chi connectivity index (χ1v) is 14.4. The van der Waals surface area contributed by atoms with Crippen LogP contribution in [0.25, 0.3) is 0 Å². The van der Waals surface area contributed by atoms with Gasteiger partial charge in [-0.1, -0.05) is 91.0 Å². The number of ether oxygens (including phenoxy) is 1. The molecule has 0 saturated carbocycles. The number of hydrogen-bond acceptors (Lipinski definition) is 6. The van der Waals surface area contributed by atoms with Crippen LogP contribution in [0, 0.1) is 0 Å². The second-order valence-electron chi connectivity index (χ2n) is 8.62. The van der Waals surface area contributed by atoms with Crippen molar-refractivity contribution in [3.63, 3.8) is 0 Å². The number of benzene rings is 4. The van der Waals surface area contributed by atoms with Gasteiger partial charge in [-0.3, -0.25) is 4.79 Å². The number of carbonyl (C=O) groups is 2. The summed E-state index contributed by atoms with van der Waals surface area (Å²) in [7, 11) is 0. The molecule has 39 heavy (non-hydrogen) atoms. The molecule has 0 unspecified atom stereocenters. The number of nitrogens with zero attached hydrogens (tertiary/aromatic N) is 2. The lowest BCUT2D eigenvalue weighted by atomic mass is 10.1. The van der Waals surface area contributed by atoms with Gasteiger partial charge in [0.05, 0.1) is 12.3 Å². The summed E-state index contributed by atoms with van der Waals surface area (Å²) in [5.74, 6) is 0.544. The van der Waals surface area contributed by atoms with E-state index in [2.05, 4.69) is 10.2 Å². The van der Waals surface area contributed by atoms with Crippen LogP contribution in [0.3, 0.4) is 0 Å². The maximum atomic E-state index is 13.0. The van der Waals surface area contributed by atoms with E-state index in [1.54, 1.807) is 37.0 Å². The number of carbonyl (C=O) groups excluding carboxylic acids is 2. The summed E-state index contributed by atoms with van der Waals surface area (Å²) in [6, 6.07) is 36.3. The first-order chi connectivity index (χ1) is 19.0. The van der Waals surface area contributed by atoms with Crippen LogP contribution in [-0.4, -0.2) is 29.3 Å². The summed E-state index contributed by atoms with van der Waals surface area (Å²) in [5, 5.41) is 22.9. The molecule has 7 heteroatoms. The second-order valence-corrected chi connectivity index (χ2v) is 11.9. The van der Waals surface area contributed by atoms with Gasteiger partial charge in [0.1, 0.15) is 0 Å². The Balaban J connectivity index is 1.99. The number of esters is 1. The van der Waals surface area contributed by atoms with Crippen LogP contribution >= 0.6 is 6.89 Å². The average molecular weight is 537 g/mol. The van der Waals surface area contributed by atoms with Crippen LogP contribution in [-0.2, 0) is 9.53 Å². The molecule has 0 saturated heterocycles. The Morgan fingerprint density at radius 3 is 1.64 bits per heavy atom. The highest BCUT2D eigenvalue weighted by atomic mass is 31.2. The zero-order chi connectivity index (χ0) is 27.7. The first kappa shape index (κ1) is 27.5. The van der Waals surface area contributed by atoms with Gasteiger partial charge in [0.15, 0.2) is 11.5 Å². The van der Waals surface area contributed by atoms with Crippen LogP contribution < -0.4 is 15.9 Å². The van der Waals surface area contributed by atoms with Crippen molar-refractivity contribution in [1.29, 1.82) is 0 Å². The normalized spacial score (nSPS) is 12.1. The Morgan fingerprint density at radius 2 is 1.23 bits per heavy atom. The fourth-order valence-electron chi connectivity index (χ4n) is 4.17. The van der Waals surface area contributed by atoms with Gasteiger partial charge in [0.2, 0.25) is 5.70 Å². The lowest BCUT2D eigenvalue weighted by Crippen LogP contribution is -2.27. The van der Waals surface area contributed by atoms with Gasteiger partial charge < -0.3 is 9.84 Å². The highest BCUT2D eigenvalue weighted by Gasteiger charge is 2.27. The van der Waals surface area contributed by atoms with Crippen LogP contribution in [0.2, 0.25) is 0 Å². The molecule has 4 aromatic rings. The predicted molar refractivity (Wildman–Crippen MR) is 158 cm³/mol. The van der Waals surface area contributed by atoms with E-state index in [0.29, 0.717) is 11.3 Å². The van der Waals surface area contributed by atoms with E-state index < -0.39 is 12.9 Å². The minimum absolute atomic E-state index is 0.0686. The third kappa shape index (κ3) is 6.31. The number of aliphatic hydroxyl groups excluding tert-OH is 1. The van der Waals surface area contributed by atoms with E-state index in [4.69, 9.17) is 4.74 Å². The van der Waals surface area contributed by atoms with Gasteiger partial charge in [-0.15, -0.1) is 5.11 Å². The van der Waals surface area contributed by atoms with Crippen LogP contribution in [0.1, 0.15) is 24.2 Å². The summed E-state index contributed by atoms with van der Waals surface area (Å²) in [4.78, 5) is 24.6. The number of hydrogen-bond donors (Lipinski definition) is 1. The molecule has 0 radical (unpaired) electrons. The lowest BCUT2D eigenvalue weighted by molar-refractivity contribution is -0.138. The number of rotatable bonds is 9. The minimum atomic E-state index is -2.61. The van der Waals surface area contributed by atoms with E-state index in [1.807, 2.05) is 91.0 Å². The van der Waals surface area contributed by atoms with E-state index in [1.165, 1.54) is 6.92 Å². The molecule has 0 atom stereocenters. The Bertz CT molecular complexity index is 1440. The van der Waals surface area contributed by atoms with Crippen molar-refractivity contribution < 1.29 is 19.4 Å². The topological polar surface area (TPSA) is 88.3 Å². The Morgan fingerprint density at radius 1 is 0.769 bits per heavy atom. The van der Waals surface area contributed by atoms with Gasteiger partial charge in [-0.25, -0.2) is 4.79 Å². The molecule has 0 heterocycles. The standard InChI is InChI=1S/C32H29N2O4P/c1-3-38-32(37)31(34-33-26-21-19-25(20-22-26)24(2)35)30(36)23-39(27-13-7-4-8-14-27,28-15-9-5-10-16-28)29-17-11-6-12-18-29/h4-23,36H,3H2,1-2H3/b31-30-,34-33?. The second kappa shape index (κ2) is 12.8. The Kier molecular flexibility index (Phi) is 9.03. The fourth-order valence-corrected chi connectivity index (χ4v) is 7.93. The van der Waals surface area contributed by atoms with Gasteiger partial charge in [0, 0.05) is 5.56 Å². The van der Waals surface area contributed by atoms with Crippen molar-refractivity contribution in [1.82, 2.24) is 0 Å². The lowest BCUT2D eigenvalue weighted by Gasteiger charge is -2.28. The quantitative estimate of drug-likeness (QED) is 0.0699.